The van der Waals surface area contributed by atoms with Crippen molar-refractivity contribution < 1.29 is 9.18 Å². The highest BCUT2D eigenvalue weighted by Gasteiger charge is 2.04. The number of imidazole rings is 1. The predicted molar refractivity (Wildman–Crippen MR) is 70.3 cm³/mol. The number of aromatic nitrogens is 2. The first-order valence-electron chi connectivity index (χ1n) is 6.07. The summed E-state index contributed by atoms with van der Waals surface area (Å²) in [5.41, 5.74) is 1.46. The molecule has 4 heteroatoms. The largest absolute Gasteiger partial charge is 0.332 e. The lowest BCUT2D eigenvalue weighted by molar-refractivity contribution is 0.101. The highest BCUT2D eigenvalue weighted by molar-refractivity contribution is 5.91. The van der Waals surface area contributed by atoms with Gasteiger partial charge in [-0.15, -0.1) is 0 Å². The van der Waals surface area contributed by atoms with Gasteiger partial charge in [0.15, 0.2) is 5.78 Å². The Hall–Kier alpha value is -1.71. The highest BCUT2D eigenvalue weighted by atomic mass is 19.1. The maximum absolute atomic E-state index is 12.8. The molecule has 1 aromatic rings. The SMILES string of the molecule is CC/C=C(\C=C/C(C)F)Cn1cnc(C(C)=O)c1. The minimum Gasteiger partial charge on any atom is -0.332 e. The van der Waals surface area contributed by atoms with Crippen molar-refractivity contribution in [1.82, 2.24) is 9.55 Å². The van der Waals surface area contributed by atoms with Crippen LogP contribution in [0.25, 0.3) is 0 Å². The molecule has 1 rings (SSSR count). The van der Waals surface area contributed by atoms with Crippen molar-refractivity contribution in [1.29, 1.82) is 0 Å². The number of nitrogens with zero attached hydrogens (tertiary/aromatic N) is 2. The third kappa shape index (κ3) is 4.65. The van der Waals surface area contributed by atoms with Gasteiger partial charge in [-0.05, 0) is 18.9 Å². The number of allylic oxidation sites excluding steroid dienone is 4. The number of hydrogen-bond acceptors (Lipinski definition) is 2. The molecule has 1 atom stereocenters. The molecule has 0 aliphatic rings. The first-order valence-corrected chi connectivity index (χ1v) is 6.07. The fourth-order valence-electron chi connectivity index (χ4n) is 1.54. The second kappa shape index (κ2) is 6.89. The molecule has 0 spiro atoms. The average Bonchev–Trinajstić information content (AvgIpc) is 2.75. The number of ketones is 1. The van der Waals surface area contributed by atoms with Gasteiger partial charge in [0.05, 0.1) is 6.33 Å². The molecular formula is C14H19FN2O. The Morgan fingerprint density at radius 2 is 2.33 bits per heavy atom. The van der Waals surface area contributed by atoms with E-state index in [-0.39, 0.29) is 5.78 Å². The standard InChI is InChI=1S/C14H19FN2O/c1-4-5-13(7-6-11(2)15)8-17-9-14(12(3)18)16-10-17/h5-7,9-11H,4,8H2,1-3H3/b7-6-,13-5+. The van der Waals surface area contributed by atoms with Crippen LogP contribution in [0.3, 0.4) is 0 Å². The van der Waals surface area contributed by atoms with E-state index in [1.807, 2.05) is 17.6 Å². The van der Waals surface area contributed by atoms with E-state index < -0.39 is 6.17 Å². The van der Waals surface area contributed by atoms with E-state index in [0.717, 1.165) is 12.0 Å². The molecular weight excluding hydrogens is 231 g/mol. The van der Waals surface area contributed by atoms with Crippen LogP contribution in [-0.2, 0) is 6.54 Å². The summed E-state index contributed by atoms with van der Waals surface area (Å²) in [5, 5.41) is 0. The van der Waals surface area contributed by atoms with Crippen molar-refractivity contribution >= 4 is 5.78 Å². The molecule has 1 aromatic heterocycles. The van der Waals surface area contributed by atoms with E-state index in [2.05, 4.69) is 4.98 Å². The lowest BCUT2D eigenvalue weighted by Crippen LogP contribution is -1.98. The van der Waals surface area contributed by atoms with Gasteiger partial charge in [-0.2, -0.15) is 0 Å². The van der Waals surface area contributed by atoms with Crippen molar-refractivity contribution in [2.45, 2.75) is 39.9 Å². The third-order valence-corrected chi connectivity index (χ3v) is 2.40. The highest BCUT2D eigenvalue weighted by Crippen LogP contribution is 2.07. The van der Waals surface area contributed by atoms with Gasteiger partial charge in [0.1, 0.15) is 11.9 Å². The first kappa shape index (κ1) is 14.4. The summed E-state index contributed by atoms with van der Waals surface area (Å²) in [4.78, 5) is 15.1. The number of halogens is 1. The van der Waals surface area contributed by atoms with Crippen molar-refractivity contribution in [3.63, 3.8) is 0 Å². The quantitative estimate of drug-likeness (QED) is 0.573. The molecule has 1 unspecified atom stereocenters. The molecule has 0 bridgehead atoms. The molecule has 0 fully saturated rings. The second-order valence-corrected chi connectivity index (χ2v) is 4.21. The summed E-state index contributed by atoms with van der Waals surface area (Å²) >= 11 is 0. The molecule has 0 aliphatic heterocycles. The zero-order valence-electron chi connectivity index (χ0n) is 11.1. The Labute approximate surface area is 107 Å². The maximum atomic E-state index is 12.8. The number of alkyl halides is 1. The molecule has 0 aliphatic carbocycles. The van der Waals surface area contributed by atoms with Gasteiger partial charge >= 0.3 is 0 Å². The van der Waals surface area contributed by atoms with E-state index in [0.29, 0.717) is 12.2 Å². The Balaban J connectivity index is 2.77. The first-order chi connectivity index (χ1) is 8.52. The van der Waals surface area contributed by atoms with E-state index in [1.165, 1.54) is 19.9 Å². The van der Waals surface area contributed by atoms with Gasteiger partial charge in [-0.3, -0.25) is 4.79 Å². The van der Waals surface area contributed by atoms with Crippen LogP contribution in [0, 0.1) is 0 Å². The van der Waals surface area contributed by atoms with Gasteiger partial charge in [-0.1, -0.05) is 25.2 Å². The molecule has 98 valence electrons. The second-order valence-electron chi connectivity index (χ2n) is 4.21. The molecule has 0 saturated carbocycles. The maximum Gasteiger partial charge on any atom is 0.179 e. The molecule has 0 amide bonds. The number of rotatable bonds is 6. The van der Waals surface area contributed by atoms with Crippen LogP contribution in [0.2, 0.25) is 0 Å². The van der Waals surface area contributed by atoms with Gasteiger partial charge in [-0.25, -0.2) is 9.37 Å². The van der Waals surface area contributed by atoms with E-state index >= 15 is 0 Å². The summed E-state index contributed by atoms with van der Waals surface area (Å²) in [6, 6.07) is 0. The van der Waals surface area contributed by atoms with Crippen LogP contribution >= 0.6 is 0 Å². The molecule has 0 N–H and O–H groups in total. The van der Waals surface area contributed by atoms with Crippen molar-refractivity contribution in [3.05, 3.63) is 42.0 Å². The van der Waals surface area contributed by atoms with Gasteiger partial charge in [0, 0.05) is 19.7 Å². The average molecular weight is 250 g/mol. The van der Waals surface area contributed by atoms with Gasteiger partial charge < -0.3 is 4.57 Å². The smallest absolute Gasteiger partial charge is 0.179 e. The minimum absolute atomic E-state index is 0.0531. The molecule has 1 heterocycles. The lowest BCUT2D eigenvalue weighted by atomic mass is 10.2. The van der Waals surface area contributed by atoms with Crippen molar-refractivity contribution in [3.8, 4) is 0 Å². The Morgan fingerprint density at radius 3 is 2.83 bits per heavy atom. The van der Waals surface area contributed by atoms with E-state index in [4.69, 9.17) is 0 Å². The molecule has 18 heavy (non-hydrogen) atoms. The monoisotopic (exact) mass is 250 g/mol. The van der Waals surface area contributed by atoms with Crippen LogP contribution in [0.4, 0.5) is 4.39 Å². The van der Waals surface area contributed by atoms with Crippen molar-refractivity contribution in [2.24, 2.45) is 0 Å². The third-order valence-electron chi connectivity index (χ3n) is 2.40. The van der Waals surface area contributed by atoms with Gasteiger partial charge in [0.25, 0.3) is 0 Å². The molecule has 3 nitrogen and oxygen atoms in total. The van der Waals surface area contributed by atoms with Gasteiger partial charge in [0.2, 0.25) is 0 Å². The minimum atomic E-state index is -0.958. The number of carbonyl (C=O) groups excluding carboxylic acids is 1. The predicted octanol–water partition coefficient (Wildman–Crippen LogP) is 3.34. The molecule has 0 saturated heterocycles. The lowest BCUT2D eigenvalue weighted by Gasteiger charge is -2.03. The van der Waals surface area contributed by atoms with Crippen LogP contribution in [0.5, 0.6) is 0 Å². The fourth-order valence-corrected chi connectivity index (χ4v) is 1.54. The topological polar surface area (TPSA) is 34.9 Å². The Kier molecular flexibility index (Phi) is 5.49. The summed E-state index contributed by atoms with van der Waals surface area (Å²) in [5.74, 6) is -0.0531. The number of hydrogen-bond donors (Lipinski definition) is 0. The zero-order valence-corrected chi connectivity index (χ0v) is 11.1. The molecule has 0 radical (unpaired) electrons. The Morgan fingerprint density at radius 1 is 1.61 bits per heavy atom. The summed E-state index contributed by atoms with van der Waals surface area (Å²) < 4.78 is 14.6. The van der Waals surface area contributed by atoms with Crippen LogP contribution in [0.15, 0.2) is 36.3 Å². The van der Waals surface area contributed by atoms with Crippen LogP contribution in [-0.4, -0.2) is 21.5 Å². The van der Waals surface area contributed by atoms with E-state index in [9.17, 15) is 9.18 Å². The number of carbonyl (C=O) groups is 1. The van der Waals surface area contributed by atoms with Crippen LogP contribution in [0.1, 0.15) is 37.7 Å². The fraction of sp³-hybridized carbons (Fsp3) is 0.429. The normalized spacial score (nSPS) is 14.1. The van der Waals surface area contributed by atoms with E-state index in [1.54, 1.807) is 18.6 Å². The number of Topliss-reactive ketones (excluding diaryl/α,β-unsaturated/α-hetero) is 1. The summed E-state index contributed by atoms with van der Waals surface area (Å²) in [7, 11) is 0. The Bertz CT molecular complexity index is 458. The molecule has 0 aromatic carbocycles. The summed E-state index contributed by atoms with van der Waals surface area (Å²) in [6.07, 6.45) is 8.58. The van der Waals surface area contributed by atoms with Crippen LogP contribution < -0.4 is 0 Å². The van der Waals surface area contributed by atoms with Crippen molar-refractivity contribution in [2.75, 3.05) is 0 Å². The summed E-state index contributed by atoms with van der Waals surface area (Å²) in [6.45, 7) is 5.60. The zero-order chi connectivity index (χ0) is 13.5.